The number of benzene rings is 2. The van der Waals surface area contributed by atoms with E-state index in [1.165, 1.54) is 16.5 Å². The molecule has 2 aromatic carbocycles. The van der Waals surface area contributed by atoms with Crippen molar-refractivity contribution in [2.45, 2.75) is 6.54 Å². The molecule has 1 aromatic heterocycles. The lowest BCUT2D eigenvalue weighted by Gasteiger charge is -2.04. The van der Waals surface area contributed by atoms with E-state index in [0.29, 0.717) is 22.9 Å². The van der Waals surface area contributed by atoms with Crippen molar-refractivity contribution in [2.24, 2.45) is 0 Å². The van der Waals surface area contributed by atoms with E-state index in [9.17, 15) is 9.59 Å². The molecule has 0 aliphatic heterocycles. The fourth-order valence-electron chi connectivity index (χ4n) is 2.61. The van der Waals surface area contributed by atoms with Gasteiger partial charge in [0, 0.05) is 5.69 Å². The largest absolute Gasteiger partial charge is 0.497 e. The molecule has 2 N–H and O–H groups in total. The Bertz CT molecular complexity index is 1080. The van der Waals surface area contributed by atoms with Crippen LogP contribution in [0.1, 0.15) is 10.5 Å². The number of hydrogen-bond acceptors (Lipinski definition) is 5. The summed E-state index contributed by atoms with van der Waals surface area (Å²) in [6.45, 7) is -0.191. The smallest absolute Gasteiger partial charge is 0.411 e. The quantitative estimate of drug-likeness (QED) is 0.625. The molecular formula is C19H18N5O4+. The number of ether oxygens (including phenoxy) is 2. The molecule has 0 saturated heterocycles. The Labute approximate surface area is 160 Å². The minimum atomic E-state index is -0.631. The summed E-state index contributed by atoms with van der Waals surface area (Å²) in [7, 11) is 3.08. The van der Waals surface area contributed by atoms with Crippen LogP contribution in [0.25, 0.3) is 5.69 Å². The van der Waals surface area contributed by atoms with Crippen molar-refractivity contribution in [3.05, 3.63) is 64.6 Å². The standard InChI is InChI=1S/C19H17N5O4/c1-27-15-7-3-13(4-8-15)21-18(25)17-19(26)24(22-23(17)12-11-20)14-5-9-16(28-2)10-6-14/h3-10H,12H2,1-2H3,(H-,21,22,25,26)/p+1. The molecule has 28 heavy (non-hydrogen) atoms. The van der Waals surface area contributed by atoms with Gasteiger partial charge in [0.1, 0.15) is 17.6 Å². The fraction of sp³-hybridized carbons (Fsp3) is 0.158. The van der Waals surface area contributed by atoms with Crippen LogP contribution in [0.2, 0.25) is 0 Å². The Hall–Kier alpha value is -4.06. The maximum absolute atomic E-state index is 12.8. The first-order valence-electron chi connectivity index (χ1n) is 8.29. The van der Waals surface area contributed by atoms with Crippen LogP contribution in [0.3, 0.4) is 0 Å². The number of aromatic nitrogens is 3. The number of rotatable bonds is 6. The lowest BCUT2D eigenvalue weighted by Crippen LogP contribution is -2.44. The molecule has 0 radical (unpaired) electrons. The molecule has 1 amide bonds. The molecule has 3 rings (SSSR count). The Morgan fingerprint density at radius 2 is 1.68 bits per heavy atom. The van der Waals surface area contributed by atoms with Crippen molar-refractivity contribution in [1.29, 1.82) is 5.26 Å². The highest BCUT2D eigenvalue weighted by Crippen LogP contribution is 2.16. The van der Waals surface area contributed by atoms with Crippen LogP contribution >= 0.6 is 0 Å². The number of carbonyl (C=O) groups excluding carboxylic acids is 1. The van der Waals surface area contributed by atoms with Crippen molar-refractivity contribution >= 4 is 11.6 Å². The first kappa shape index (κ1) is 18.7. The molecule has 9 heteroatoms. The lowest BCUT2D eigenvalue weighted by atomic mass is 10.3. The third-order valence-electron chi connectivity index (χ3n) is 4.02. The van der Waals surface area contributed by atoms with E-state index >= 15 is 0 Å². The number of hydrogen-bond donors (Lipinski definition) is 2. The van der Waals surface area contributed by atoms with E-state index in [1.54, 1.807) is 55.6 Å². The number of nitrogens with one attached hydrogen (secondary N) is 2. The molecule has 0 spiro atoms. The van der Waals surface area contributed by atoms with Gasteiger partial charge in [0.05, 0.1) is 14.2 Å². The van der Waals surface area contributed by atoms with E-state index in [4.69, 9.17) is 14.7 Å². The molecule has 0 aliphatic rings. The number of nitriles is 1. The van der Waals surface area contributed by atoms with Crippen molar-refractivity contribution in [3.8, 4) is 23.3 Å². The summed E-state index contributed by atoms with van der Waals surface area (Å²) in [4.78, 5) is 25.5. The third-order valence-corrected chi connectivity index (χ3v) is 4.02. The summed E-state index contributed by atoms with van der Waals surface area (Å²) in [6, 6.07) is 15.3. The van der Waals surface area contributed by atoms with Gasteiger partial charge in [-0.1, -0.05) is 9.90 Å². The van der Waals surface area contributed by atoms with Crippen molar-refractivity contribution in [2.75, 3.05) is 19.5 Å². The van der Waals surface area contributed by atoms with Gasteiger partial charge in [0.15, 0.2) is 12.2 Å². The summed E-state index contributed by atoms with van der Waals surface area (Å²) in [5.74, 6) is 0.640. The molecule has 3 aromatic rings. The van der Waals surface area contributed by atoms with Crippen LogP contribution < -0.4 is 25.0 Å². The highest BCUT2D eigenvalue weighted by atomic mass is 16.5. The van der Waals surface area contributed by atoms with E-state index in [1.807, 2.05) is 6.07 Å². The van der Waals surface area contributed by atoms with E-state index in [0.717, 1.165) is 0 Å². The summed E-state index contributed by atoms with van der Waals surface area (Å²) in [5, 5.41) is 14.5. The Morgan fingerprint density at radius 1 is 1.11 bits per heavy atom. The molecule has 9 nitrogen and oxygen atoms in total. The SMILES string of the molecule is COc1ccc(NC(=O)c2c(=O)n(-c3ccc(OC)cc3)[nH][n+]2CC#N)cc1. The van der Waals surface area contributed by atoms with Gasteiger partial charge in [0.2, 0.25) is 0 Å². The average Bonchev–Trinajstić information content (AvgIpc) is 3.05. The Morgan fingerprint density at radius 3 is 2.21 bits per heavy atom. The molecule has 142 valence electrons. The van der Waals surface area contributed by atoms with E-state index < -0.39 is 11.5 Å². The fourth-order valence-corrected chi connectivity index (χ4v) is 2.61. The first-order valence-corrected chi connectivity index (χ1v) is 8.29. The maximum atomic E-state index is 12.8. The molecule has 1 heterocycles. The Kier molecular flexibility index (Phi) is 5.41. The van der Waals surface area contributed by atoms with Crippen LogP contribution in [0, 0.1) is 11.3 Å². The van der Waals surface area contributed by atoms with E-state index in [2.05, 4.69) is 10.5 Å². The van der Waals surface area contributed by atoms with Crippen LogP contribution in [0.5, 0.6) is 11.5 Å². The van der Waals surface area contributed by atoms with Gasteiger partial charge in [-0.2, -0.15) is 5.26 Å². The highest BCUT2D eigenvalue weighted by molar-refractivity contribution is 6.01. The minimum absolute atomic E-state index is 0.187. The highest BCUT2D eigenvalue weighted by Gasteiger charge is 2.29. The lowest BCUT2D eigenvalue weighted by molar-refractivity contribution is -0.745. The number of methoxy groups -OCH3 is 2. The van der Waals surface area contributed by atoms with Crippen molar-refractivity contribution < 1.29 is 19.0 Å². The molecule has 0 fully saturated rings. The van der Waals surface area contributed by atoms with Gasteiger partial charge in [-0.15, -0.1) is 4.68 Å². The molecule has 0 aliphatic carbocycles. The van der Waals surface area contributed by atoms with Gasteiger partial charge >= 0.3 is 17.2 Å². The van der Waals surface area contributed by atoms with Gasteiger partial charge in [0.25, 0.3) is 0 Å². The maximum Gasteiger partial charge on any atom is 0.411 e. The molecule has 0 saturated carbocycles. The zero-order valence-corrected chi connectivity index (χ0v) is 15.3. The van der Waals surface area contributed by atoms with Crippen LogP contribution in [-0.4, -0.2) is 30.0 Å². The molecule has 0 bridgehead atoms. The summed E-state index contributed by atoms with van der Waals surface area (Å²) in [6.07, 6.45) is 0. The molecule has 0 unspecified atom stereocenters. The molecular weight excluding hydrogens is 362 g/mol. The van der Waals surface area contributed by atoms with Gasteiger partial charge in [-0.25, -0.2) is 4.79 Å². The predicted octanol–water partition coefficient (Wildman–Crippen LogP) is 1.25. The summed E-state index contributed by atoms with van der Waals surface area (Å²) >= 11 is 0. The van der Waals surface area contributed by atoms with Gasteiger partial charge < -0.3 is 14.8 Å². The summed E-state index contributed by atoms with van der Waals surface area (Å²) in [5.41, 5.74) is 0.228. The number of nitrogens with zero attached hydrogens (tertiary/aromatic N) is 3. The predicted molar refractivity (Wildman–Crippen MR) is 99.7 cm³/mol. The zero-order valence-electron chi connectivity index (χ0n) is 15.3. The van der Waals surface area contributed by atoms with Crippen LogP contribution in [0.4, 0.5) is 5.69 Å². The number of aromatic amines is 1. The van der Waals surface area contributed by atoms with Gasteiger partial charge in [-0.3, -0.25) is 4.79 Å². The number of amides is 1. The zero-order chi connectivity index (χ0) is 20.1. The van der Waals surface area contributed by atoms with Crippen molar-refractivity contribution in [3.63, 3.8) is 0 Å². The topological polar surface area (TPSA) is 113 Å². The normalized spacial score (nSPS) is 10.2. The average molecular weight is 380 g/mol. The van der Waals surface area contributed by atoms with Gasteiger partial charge in [-0.05, 0) is 48.5 Å². The van der Waals surface area contributed by atoms with Crippen molar-refractivity contribution in [1.82, 2.24) is 9.90 Å². The third kappa shape index (κ3) is 3.71. The second-order valence-corrected chi connectivity index (χ2v) is 5.71. The Balaban J connectivity index is 1.96. The summed E-state index contributed by atoms with van der Waals surface area (Å²) < 4.78 is 12.6. The number of anilines is 1. The number of carbonyl (C=O) groups is 1. The monoisotopic (exact) mass is 380 g/mol. The van der Waals surface area contributed by atoms with Crippen LogP contribution in [-0.2, 0) is 6.54 Å². The number of H-pyrrole nitrogens is 1. The second kappa shape index (κ2) is 8.09. The first-order chi connectivity index (χ1) is 13.6. The van der Waals surface area contributed by atoms with Crippen LogP contribution in [0.15, 0.2) is 53.3 Å². The van der Waals surface area contributed by atoms with E-state index in [-0.39, 0.29) is 12.2 Å². The second-order valence-electron chi connectivity index (χ2n) is 5.71. The minimum Gasteiger partial charge on any atom is -0.497 e. The molecule has 0 atom stereocenters.